The summed E-state index contributed by atoms with van der Waals surface area (Å²) in [6.07, 6.45) is 9.91. The molecule has 3 heteroatoms. The van der Waals surface area contributed by atoms with Gasteiger partial charge in [0.05, 0.1) is 0 Å². The molecule has 3 nitrogen and oxygen atoms in total. The third-order valence-electron chi connectivity index (χ3n) is 5.04. The van der Waals surface area contributed by atoms with E-state index in [2.05, 4.69) is 23.6 Å². The highest BCUT2D eigenvalue weighted by Crippen LogP contribution is 2.42. The number of piperidine rings is 1. The van der Waals surface area contributed by atoms with Crippen LogP contribution in [0.3, 0.4) is 0 Å². The van der Waals surface area contributed by atoms with E-state index in [9.17, 15) is 9.90 Å². The number of likely N-dealkylation sites (tertiary alicyclic amines) is 1. The molecule has 1 aromatic carbocycles. The number of aliphatic carboxylic acids is 1. The predicted octanol–water partition coefficient (Wildman–Crippen LogP) is 3.47. The molecular formula is C19H23NO2. The van der Waals surface area contributed by atoms with E-state index in [0.717, 1.165) is 37.1 Å². The maximum absolute atomic E-state index is 12.4. The number of benzene rings is 1. The van der Waals surface area contributed by atoms with Gasteiger partial charge in [-0.2, -0.15) is 0 Å². The average Bonchev–Trinajstić information content (AvgIpc) is 2.56. The Morgan fingerprint density at radius 1 is 1.32 bits per heavy atom. The largest absolute Gasteiger partial charge is 0.481 e. The Kier molecular flexibility index (Phi) is 4.16. The van der Waals surface area contributed by atoms with Crippen LogP contribution in [0.2, 0.25) is 0 Å². The minimum Gasteiger partial charge on any atom is -0.481 e. The van der Waals surface area contributed by atoms with Crippen LogP contribution < -0.4 is 0 Å². The Hall–Kier alpha value is -1.87. The molecule has 1 saturated heterocycles. The molecule has 1 aliphatic heterocycles. The average molecular weight is 297 g/mol. The molecule has 0 amide bonds. The van der Waals surface area contributed by atoms with Crippen LogP contribution in [0.4, 0.5) is 0 Å². The van der Waals surface area contributed by atoms with Crippen LogP contribution in [0.1, 0.15) is 36.8 Å². The molecule has 0 spiro atoms. The Morgan fingerprint density at radius 2 is 2.05 bits per heavy atom. The second-order valence-corrected chi connectivity index (χ2v) is 6.26. The fourth-order valence-electron chi connectivity index (χ4n) is 3.98. The van der Waals surface area contributed by atoms with Crippen molar-refractivity contribution in [2.24, 2.45) is 0 Å². The number of carboxylic acid groups (broad SMARTS) is 1. The lowest BCUT2D eigenvalue weighted by Crippen LogP contribution is -2.56. The van der Waals surface area contributed by atoms with Crippen molar-refractivity contribution in [1.82, 2.24) is 4.90 Å². The van der Waals surface area contributed by atoms with Gasteiger partial charge in [-0.1, -0.05) is 48.9 Å². The first kappa shape index (κ1) is 15.0. The second kappa shape index (κ2) is 6.09. The number of hydrogen-bond acceptors (Lipinski definition) is 2. The lowest BCUT2D eigenvalue weighted by Gasteiger charge is -2.46. The summed E-state index contributed by atoms with van der Waals surface area (Å²) >= 11 is 0. The molecule has 0 saturated carbocycles. The highest BCUT2D eigenvalue weighted by Gasteiger charge is 2.50. The van der Waals surface area contributed by atoms with Gasteiger partial charge in [0.2, 0.25) is 0 Å². The first-order valence-corrected chi connectivity index (χ1v) is 8.06. The molecular weight excluding hydrogens is 274 g/mol. The third kappa shape index (κ3) is 2.30. The van der Waals surface area contributed by atoms with Crippen molar-refractivity contribution in [3.8, 4) is 0 Å². The normalized spacial score (nSPS) is 28.1. The maximum atomic E-state index is 12.4. The Labute approximate surface area is 132 Å². The van der Waals surface area contributed by atoms with Gasteiger partial charge < -0.3 is 5.11 Å². The van der Waals surface area contributed by atoms with Gasteiger partial charge in [0.15, 0.2) is 0 Å². The topological polar surface area (TPSA) is 40.5 Å². The monoisotopic (exact) mass is 297 g/mol. The molecule has 0 unspecified atom stereocenters. The number of carbonyl (C=O) groups is 1. The van der Waals surface area contributed by atoms with Gasteiger partial charge in [0, 0.05) is 6.04 Å². The summed E-state index contributed by atoms with van der Waals surface area (Å²) in [6.45, 7) is 5.78. The van der Waals surface area contributed by atoms with Crippen molar-refractivity contribution in [2.45, 2.75) is 37.1 Å². The van der Waals surface area contributed by atoms with Gasteiger partial charge in [-0.25, -0.2) is 0 Å². The van der Waals surface area contributed by atoms with Gasteiger partial charge in [0.1, 0.15) is 5.41 Å². The number of allylic oxidation sites excluding steroid dienone is 1. The molecule has 1 aliphatic carbocycles. The van der Waals surface area contributed by atoms with E-state index >= 15 is 0 Å². The summed E-state index contributed by atoms with van der Waals surface area (Å²) in [4.78, 5) is 14.7. The van der Waals surface area contributed by atoms with E-state index in [1.165, 1.54) is 6.42 Å². The van der Waals surface area contributed by atoms with Crippen LogP contribution in [0.25, 0.3) is 6.08 Å². The van der Waals surface area contributed by atoms with Gasteiger partial charge in [-0.3, -0.25) is 9.69 Å². The van der Waals surface area contributed by atoms with Crippen LogP contribution >= 0.6 is 0 Å². The third-order valence-corrected chi connectivity index (χ3v) is 5.04. The minimum atomic E-state index is -0.926. The first-order valence-electron chi connectivity index (χ1n) is 8.06. The zero-order valence-corrected chi connectivity index (χ0v) is 12.9. The van der Waals surface area contributed by atoms with Gasteiger partial charge >= 0.3 is 5.97 Å². The SMILES string of the molecule is C=CC[C@@]1(C(=O)O)c2ccccc2C=C[C@@H]1N1CCCCC1. The number of carboxylic acids is 1. The van der Waals surface area contributed by atoms with Gasteiger partial charge in [-0.15, -0.1) is 6.58 Å². The minimum absolute atomic E-state index is 0.0989. The van der Waals surface area contributed by atoms with Crippen LogP contribution in [0.5, 0.6) is 0 Å². The molecule has 0 aromatic heterocycles. The first-order chi connectivity index (χ1) is 10.7. The van der Waals surface area contributed by atoms with E-state index in [1.807, 2.05) is 24.3 Å². The fraction of sp³-hybridized carbons (Fsp3) is 0.421. The standard InChI is InChI=1S/C19H23NO2/c1-2-12-19(18(21)22)16-9-5-4-8-15(16)10-11-17(19)20-13-6-3-7-14-20/h2,4-5,8-11,17H,1,3,6-7,12-14H2,(H,21,22)/t17-,19+/m0/s1. The number of hydrogen-bond donors (Lipinski definition) is 1. The summed E-state index contributed by atoms with van der Waals surface area (Å²) in [5.41, 5.74) is 1.00. The van der Waals surface area contributed by atoms with Crippen molar-refractivity contribution in [3.05, 3.63) is 54.1 Å². The van der Waals surface area contributed by atoms with Gasteiger partial charge in [-0.05, 0) is 43.5 Å². The molecule has 116 valence electrons. The number of fused-ring (bicyclic) bond motifs is 1. The maximum Gasteiger partial charge on any atom is 0.316 e. The molecule has 3 rings (SSSR count). The molecule has 0 bridgehead atoms. The molecule has 22 heavy (non-hydrogen) atoms. The smallest absolute Gasteiger partial charge is 0.316 e. The summed E-state index contributed by atoms with van der Waals surface area (Å²) in [5.74, 6) is -0.750. The van der Waals surface area contributed by atoms with Crippen LogP contribution in [-0.2, 0) is 10.2 Å². The Balaban J connectivity index is 2.12. The highest BCUT2D eigenvalue weighted by atomic mass is 16.4. The lowest BCUT2D eigenvalue weighted by molar-refractivity contribution is -0.146. The van der Waals surface area contributed by atoms with E-state index in [1.54, 1.807) is 6.08 Å². The summed E-state index contributed by atoms with van der Waals surface area (Å²) in [5, 5.41) is 10.2. The summed E-state index contributed by atoms with van der Waals surface area (Å²) in [7, 11) is 0. The van der Waals surface area contributed by atoms with Crippen LogP contribution in [0, 0.1) is 0 Å². The highest BCUT2D eigenvalue weighted by molar-refractivity contribution is 5.87. The quantitative estimate of drug-likeness (QED) is 0.865. The number of nitrogens with zero attached hydrogens (tertiary/aromatic N) is 1. The van der Waals surface area contributed by atoms with Crippen molar-refractivity contribution in [1.29, 1.82) is 0 Å². The van der Waals surface area contributed by atoms with Gasteiger partial charge in [0.25, 0.3) is 0 Å². The molecule has 1 N–H and O–H groups in total. The molecule has 1 heterocycles. The number of rotatable bonds is 4. The molecule has 0 radical (unpaired) electrons. The van der Waals surface area contributed by atoms with Crippen LogP contribution in [0.15, 0.2) is 43.0 Å². The van der Waals surface area contributed by atoms with E-state index in [-0.39, 0.29) is 6.04 Å². The summed E-state index contributed by atoms with van der Waals surface area (Å²) in [6, 6.07) is 7.77. The van der Waals surface area contributed by atoms with Crippen molar-refractivity contribution >= 4 is 12.0 Å². The Bertz CT molecular complexity index is 601. The molecule has 2 aliphatic rings. The van der Waals surface area contributed by atoms with E-state index in [4.69, 9.17) is 0 Å². The lowest BCUT2D eigenvalue weighted by atomic mass is 9.66. The van der Waals surface area contributed by atoms with E-state index in [0.29, 0.717) is 6.42 Å². The van der Waals surface area contributed by atoms with Crippen LogP contribution in [-0.4, -0.2) is 35.1 Å². The molecule has 2 atom stereocenters. The molecule has 1 aromatic rings. The second-order valence-electron chi connectivity index (χ2n) is 6.26. The zero-order chi connectivity index (χ0) is 15.6. The van der Waals surface area contributed by atoms with E-state index < -0.39 is 11.4 Å². The summed E-state index contributed by atoms with van der Waals surface area (Å²) < 4.78 is 0. The Morgan fingerprint density at radius 3 is 2.73 bits per heavy atom. The fourth-order valence-corrected chi connectivity index (χ4v) is 3.98. The van der Waals surface area contributed by atoms with Crippen molar-refractivity contribution in [2.75, 3.05) is 13.1 Å². The van der Waals surface area contributed by atoms with Crippen molar-refractivity contribution < 1.29 is 9.90 Å². The molecule has 1 fully saturated rings. The predicted molar refractivity (Wildman–Crippen MR) is 88.8 cm³/mol. The van der Waals surface area contributed by atoms with Crippen molar-refractivity contribution in [3.63, 3.8) is 0 Å². The zero-order valence-electron chi connectivity index (χ0n) is 12.9.